The van der Waals surface area contributed by atoms with E-state index in [-0.39, 0.29) is 0 Å². The van der Waals surface area contributed by atoms with Crippen LogP contribution in [0.3, 0.4) is 0 Å². The maximum absolute atomic E-state index is 5.90. The van der Waals surface area contributed by atoms with E-state index in [0.29, 0.717) is 6.61 Å². The highest BCUT2D eigenvalue weighted by Crippen LogP contribution is 2.27. The van der Waals surface area contributed by atoms with Crippen LogP contribution in [0.15, 0.2) is 84.9 Å². The van der Waals surface area contributed by atoms with E-state index >= 15 is 0 Å². The fourth-order valence-corrected chi connectivity index (χ4v) is 2.71. The van der Waals surface area contributed by atoms with Crippen LogP contribution in [0, 0.1) is 0 Å². The number of aromatic nitrogens is 1. The van der Waals surface area contributed by atoms with Gasteiger partial charge in [0.05, 0.1) is 0 Å². The summed E-state index contributed by atoms with van der Waals surface area (Å²) in [6, 6.07) is 28.9. The number of H-pyrrole nitrogens is 1. The van der Waals surface area contributed by atoms with E-state index in [2.05, 4.69) is 59.6 Å². The van der Waals surface area contributed by atoms with E-state index in [1.165, 1.54) is 16.5 Å². The summed E-state index contributed by atoms with van der Waals surface area (Å²) in [5.41, 5.74) is 4.58. The Hall–Kier alpha value is -3.00. The molecule has 2 heteroatoms. The molecule has 0 fully saturated rings. The summed E-state index contributed by atoms with van der Waals surface area (Å²) in [5.74, 6) is 0.878. The molecule has 0 spiro atoms. The van der Waals surface area contributed by atoms with Gasteiger partial charge in [-0.15, -0.1) is 0 Å². The van der Waals surface area contributed by atoms with Crippen molar-refractivity contribution in [2.24, 2.45) is 0 Å². The lowest BCUT2D eigenvalue weighted by atomic mass is 10.1. The molecular weight excluding hydrogens is 282 g/mol. The highest BCUT2D eigenvalue weighted by Gasteiger charge is 2.04. The van der Waals surface area contributed by atoms with Crippen LogP contribution in [-0.4, -0.2) is 4.98 Å². The van der Waals surface area contributed by atoms with Gasteiger partial charge in [-0.3, -0.25) is 0 Å². The second kappa shape index (κ2) is 6.01. The minimum atomic E-state index is 0.582. The molecule has 0 aliphatic heterocycles. The van der Waals surface area contributed by atoms with Gasteiger partial charge in [0.15, 0.2) is 0 Å². The first kappa shape index (κ1) is 13.6. The van der Waals surface area contributed by atoms with Crippen molar-refractivity contribution in [1.29, 1.82) is 0 Å². The molecule has 112 valence electrons. The lowest BCUT2D eigenvalue weighted by molar-refractivity contribution is 0.306. The van der Waals surface area contributed by atoms with E-state index in [4.69, 9.17) is 4.74 Å². The summed E-state index contributed by atoms with van der Waals surface area (Å²) in [5, 5.41) is 1.19. The lowest BCUT2D eigenvalue weighted by Gasteiger charge is -2.06. The van der Waals surface area contributed by atoms with Gasteiger partial charge in [0.1, 0.15) is 12.4 Å². The standard InChI is InChI=1S/C21H17NO/c1-3-7-16(8-4-1)15-23-19-12-11-18-13-20(22-21(18)14-19)17-9-5-2-6-10-17/h1-14,22H,15H2. The van der Waals surface area contributed by atoms with Crippen molar-refractivity contribution in [2.45, 2.75) is 6.61 Å². The maximum atomic E-state index is 5.90. The fraction of sp³-hybridized carbons (Fsp3) is 0.0476. The molecule has 2 nitrogen and oxygen atoms in total. The molecule has 1 heterocycles. The zero-order valence-corrected chi connectivity index (χ0v) is 12.7. The second-order valence-corrected chi connectivity index (χ2v) is 5.57. The fourth-order valence-electron chi connectivity index (χ4n) is 2.71. The Morgan fingerprint density at radius 1 is 0.739 bits per heavy atom. The van der Waals surface area contributed by atoms with Crippen molar-refractivity contribution in [3.05, 3.63) is 90.5 Å². The van der Waals surface area contributed by atoms with Gasteiger partial charge >= 0.3 is 0 Å². The number of rotatable bonds is 4. The minimum Gasteiger partial charge on any atom is -0.489 e. The predicted octanol–water partition coefficient (Wildman–Crippen LogP) is 5.41. The average Bonchev–Trinajstić information content (AvgIpc) is 3.05. The molecule has 0 bridgehead atoms. The molecule has 0 saturated heterocycles. The molecule has 0 aliphatic carbocycles. The summed E-state index contributed by atoms with van der Waals surface area (Å²) in [6.07, 6.45) is 0. The van der Waals surface area contributed by atoms with Crippen LogP contribution < -0.4 is 4.74 Å². The molecule has 1 aromatic heterocycles. The highest BCUT2D eigenvalue weighted by atomic mass is 16.5. The third-order valence-corrected chi connectivity index (χ3v) is 3.93. The summed E-state index contributed by atoms with van der Waals surface area (Å²) >= 11 is 0. The molecular formula is C21H17NO. The van der Waals surface area contributed by atoms with Crippen LogP contribution in [0.4, 0.5) is 0 Å². The first-order valence-corrected chi connectivity index (χ1v) is 7.73. The first-order chi connectivity index (χ1) is 11.4. The average molecular weight is 299 g/mol. The van der Waals surface area contributed by atoms with Crippen LogP contribution in [-0.2, 0) is 6.61 Å². The van der Waals surface area contributed by atoms with Crippen LogP contribution in [0.1, 0.15) is 5.56 Å². The van der Waals surface area contributed by atoms with E-state index in [1.54, 1.807) is 0 Å². The smallest absolute Gasteiger partial charge is 0.121 e. The molecule has 0 saturated carbocycles. The van der Waals surface area contributed by atoms with Gasteiger partial charge in [-0.25, -0.2) is 0 Å². The molecule has 4 aromatic rings. The predicted molar refractivity (Wildman–Crippen MR) is 94.5 cm³/mol. The monoisotopic (exact) mass is 299 g/mol. The molecule has 0 radical (unpaired) electrons. The Kier molecular flexibility index (Phi) is 3.57. The lowest BCUT2D eigenvalue weighted by Crippen LogP contribution is -1.94. The summed E-state index contributed by atoms with van der Waals surface area (Å²) in [6.45, 7) is 0.582. The number of nitrogens with one attached hydrogen (secondary N) is 1. The van der Waals surface area contributed by atoms with Crippen molar-refractivity contribution in [3.63, 3.8) is 0 Å². The number of aromatic amines is 1. The summed E-state index contributed by atoms with van der Waals surface area (Å²) < 4.78 is 5.90. The molecule has 4 rings (SSSR count). The number of hydrogen-bond acceptors (Lipinski definition) is 1. The molecule has 3 aromatic carbocycles. The van der Waals surface area contributed by atoms with E-state index in [0.717, 1.165) is 17.0 Å². The number of fused-ring (bicyclic) bond motifs is 1. The van der Waals surface area contributed by atoms with Gasteiger partial charge in [0.2, 0.25) is 0 Å². The van der Waals surface area contributed by atoms with Gasteiger partial charge in [-0.2, -0.15) is 0 Å². The summed E-state index contributed by atoms with van der Waals surface area (Å²) in [4.78, 5) is 3.47. The Morgan fingerprint density at radius 3 is 2.26 bits per heavy atom. The maximum Gasteiger partial charge on any atom is 0.121 e. The molecule has 0 aliphatic rings. The van der Waals surface area contributed by atoms with Crippen molar-refractivity contribution >= 4 is 10.9 Å². The van der Waals surface area contributed by atoms with Crippen molar-refractivity contribution < 1.29 is 4.74 Å². The zero-order chi connectivity index (χ0) is 15.5. The van der Waals surface area contributed by atoms with Gasteiger partial charge in [-0.1, -0.05) is 60.7 Å². The Balaban J connectivity index is 1.58. The van der Waals surface area contributed by atoms with Crippen LogP contribution in [0.2, 0.25) is 0 Å². The minimum absolute atomic E-state index is 0.582. The topological polar surface area (TPSA) is 25.0 Å². The Morgan fingerprint density at radius 2 is 1.48 bits per heavy atom. The Labute approximate surface area is 135 Å². The molecule has 23 heavy (non-hydrogen) atoms. The Bertz CT molecular complexity index is 910. The van der Waals surface area contributed by atoms with Gasteiger partial charge < -0.3 is 9.72 Å². The molecule has 1 N–H and O–H groups in total. The van der Waals surface area contributed by atoms with E-state index in [9.17, 15) is 0 Å². The van der Waals surface area contributed by atoms with Crippen molar-refractivity contribution in [3.8, 4) is 17.0 Å². The quantitative estimate of drug-likeness (QED) is 0.535. The van der Waals surface area contributed by atoms with Crippen LogP contribution in [0.5, 0.6) is 5.75 Å². The number of benzene rings is 3. The molecule has 0 atom stereocenters. The van der Waals surface area contributed by atoms with Gasteiger partial charge in [0, 0.05) is 22.7 Å². The van der Waals surface area contributed by atoms with Crippen LogP contribution >= 0.6 is 0 Å². The van der Waals surface area contributed by atoms with Crippen LogP contribution in [0.25, 0.3) is 22.2 Å². The number of hydrogen-bond donors (Lipinski definition) is 1. The second-order valence-electron chi connectivity index (χ2n) is 5.57. The third kappa shape index (κ3) is 2.97. The number of ether oxygens (including phenoxy) is 1. The normalized spacial score (nSPS) is 10.8. The van der Waals surface area contributed by atoms with Gasteiger partial charge in [-0.05, 0) is 29.3 Å². The zero-order valence-electron chi connectivity index (χ0n) is 12.7. The third-order valence-electron chi connectivity index (χ3n) is 3.93. The molecule has 0 unspecified atom stereocenters. The highest BCUT2D eigenvalue weighted by molar-refractivity contribution is 5.86. The molecule has 0 amide bonds. The van der Waals surface area contributed by atoms with E-state index < -0.39 is 0 Å². The van der Waals surface area contributed by atoms with Crippen molar-refractivity contribution in [2.75, 3.05) is 0 Å². The SMILES string of the molecule is c1ccc(COc2ccc3cc(-c4ccccc4)[nH]c3c2)cc1. The van der Waals surface area contributed by atoms with Gasteiger partial charge in [0.25, 0.3) is 0 Å². The summed E-state index contributed by atoms with van der Waals surface area (Å²) in [7, 11) is 0. The van der Waals surface area contributed by atoms with E-state index in [1.807, 2.05) is 30.3 Å². The van der Waals surface area contributed by atoms with Crippen molar-refractivity contribution in [1.82, 2.24) is 4.98 Å². The largest absolute Gasteiger partial charge is 0.489 e. The first-order valence-electron chi connectivity index (χ1n) is 7.73.